The third kappa shape index (κ3) is 4.48. The lowest BCUT2D eigenvalue weighted by Gasteiger charge is -2.22. The maximum absolute atomic E-state index is 11.6. The number of carbonyl (C=O) groups is 1. The Balaban J connectivity index is 2.04. The van der Waals surface area contributed by atoms with Gasteiger partial charge >= 0.3 is 5.97 Å². The minimum Gasteiger partial charge on any atom is -0.493 e. The van der Waals surface area contributed by atoms with E-state index in [0.717, 1.165) is 30.8 Å². The predicted molar refractivity (Wildman–Crippen MR) is 83.8 cm³/mol. The van der Waals surface area contributed by atoms with Gasteiger partial charge in [0.05, 0.1) is 19.3 Å². The van der Waals surface area contributed by atoms with Crippen molar-refractivity contribution in [1.82, 2.24) is 0 Å². The summed E-state index contributed by atoms with van der Waals surface area (Å²) in [5, 5.41) is 0. The third-order valence-electron chi connectivity index (χ3n) is 4.20. The van der Waals surface area contributed by atoms with Crippen molar-refractivity contribution in [3.8, 4) is 5.75 Å². The zero-order chi connectivity index (χ0) is 15.1. The van der Waals surface area contributed by atoms with Crippen LogP contribution in [0.2, 0.25) is 0 Å². The van der Waals surface area contributed by atoms with E-state index in [2.05, 4.69) is 6.92 Å². The van der Waals surface area contributed by atoms with Crippen LogP contribution in [0.15, 0.2) is 18.2 Å². The molecule has 0 atom stereocenters. The van der Waals surface area contributed by atoms with Crippen molar-refractivity contribution in [1.29, 1.82) is 0 Å². The van der Waals surface area contributed by atoms with Crippen molar-refractivity contribution >= 4 is 5.97 Å². The molecule has 1 fully saturated rings. The van der Waals surface area contributed by atoms with Gasteiger partial charge in [0.25, 0.3) is 0 Å². The molecule has 0 aromatic heterocycles. The van der Waals surface area contributed by atoms with E-state index >= 15 is 0 Å². The number of aryl methyl sites for hydroxylation is 1. The van der Waals surface area contributed by atoms with Crippen LogP contribution in [0.5, 0.6) is 5.75 Å². The molecule has 1 aromatic rings. The molecule has 3 heteroatoms. The molecule has 0 saturated heterocycles. The van der Waals surface area contributed by atoms with E-state index in [1.54, 1.807) is 6.07 Å². The van der Waals surface area contributed by atoms with E-state index in [-0.39, 0.29) is 5.97 Å². The second-order valence-corrected chi connectivity index (χ2v) is 5.88. The van der Waals surface area contributed by atoms with Crippen LogP contribution in [0, 0.1) is 5.92 Å². The number of hydrogen-bond donors (Lipinski definition) is 0. The van der Waals surface area contributed by atoms with Crippen LogP contribution in [0.25, 0.3) is 0 Å². The highest BCUT2D eigenvalue weighted by Gasteiger charge is 2.16. The summed E-state index contributed by atoms with van der Waals surface area (Å²) in [5.74, 6) is 1.33. The molecule has 3 nitrogen and oxygen atoms in total. The lowest BCUT2D eigenvalue weighted by Crippen LogP contribution is -2.16. The summed E-state index contributed by atoms with van der Waals surface area (Å²) in [5.41, 5.74) is 1.71. The van der Waals surface area contributed by atoms with Gasteiger partial charge in [-0.2, -0.15) is 0 Å². The Kier molecular flexibility index (Phi) is 6.09. The summed E-state index contributed by atoms with van der Waals surface area (Å²) in [7, 11) is 1.41. The van der Waals surface area contributed by atoms with Crippen LogP contribution in [-0.2, 0) is 11.2 Å². The topological polar surface area (TPSA) is 35.5 Å². The van der Waals surface area contributed by atoms with Crippen LogP contribution in [0.4, 0.5) is 0 Å². The van der Waals surface area contributed by atoms with Gasteiger partial charge in [0.15, 0.2) is 0 Å². The van der Waals surface area contributed by atoms with Crippen molar-refractivity contribution in [2.75, 3.05) is 13.7 Å². The standard InChI is InChI=1S/C18H26O3/c1-3-7-15-12-16(18(19)20-2)10-11-17(15)21-13-14-8-5-4-6-9-14/h10-12,14H,3-9,13H2,1-2H3. The first-order chi connectivity index (χ1) is 10.2. The summed E-state index contributed by atoms with van der Waals surface area (Å²) in [6.07, 6.45) is 8.54. The summed E-state index contributed by atoms with van der Waals surface area (Å²) in [4.78, 5) is 11.6. The minimum absolute atomic E-state index is 0.286. The second kappa shape index (κ2) is 8.06. The smallest absolute Gasteiger partial charge is 0.337 e. The van der Waals surface area contributed by atoms with E-state index in [9.17, 15) is 4.79 Å². The Morgan fingerprint density at radius 2 is 2.00 bits per heavy atom. The zero-order valence-electron chi connectivity index (χ0n) is 13.2. The highest BCUT2D eigenvalue weighted by Crippen LogP contribution is 2.27. The summed E-state index contributed by atoms with van der Waals surface area (Å²) in [6.45, 7) is 2.93. The van der Waals surface area contributed by atoms with Gasteiger partial charge in [-0.05, 0) is 48.9 Å². The van der Waals surface area contributed by atoms with E-state index in [0.29, 0.717) is 11.5 Å². The van der Waals surface area contributed by atoms with Crippen molar-refractivity contribution in [3.63, 3.8) is 0 Å². The SMILES string of the molecule is CCCc1cc(C(=O)OC)ccc1OCC1CCCCC1. The van der Waals surface area contributed by atoms with Crippen molar-refractivity contribution < 1.29 is 14.3 Å². The third-order valence-corrected chi connectivity index (χ3v) is 4.20. The summed E-state index contributed by atoms with van der Waals surface area (Å²) in [6, 6.07) is 5.62. The number of carbonyl (C=O) groups excluding carboxylic acids is 1. The van der Waals surface area contributed by atoms with E-state index < -0.39 is 0 Å². The number of methoxy groups -OCH3 is 1. The second-order valence-electron chi connectivity index (χ2n) is 5.88. The molecule has 0 spiro atoms. The van der Waals surface area contributed by atoms with Gasteiger partial charge in [-0.3, -0.25) is 0 Å². The summed E-state index contributed by atoms with van der Waals surface area (Å²) < 4.78 is 10.8. The van der Waals surface area contributed by atoms with Gasteiger partial charge in [-0.15, -0.1) is 0 Å². The lowest BCUT2D eigenvalue weighted by molar-refractivity contribution is 0.0600. The molecule has 116 valence electrons. The number of benzene rings is 1. The lowest BCUT2D eigenvalue weighted by atomic mass is 9.90. The first-order valence-electron chi connectivity index (χ1n) is 8.08. The molecule has 0 aliphatic heterocycles. The Morgan fingerprint density at radius 1 is 1.24 bits per heavy atom. The Hall–Kier alpha value is -1.51. The molecule has 1 aliphatic carbocycles. The van der Waals surface area contributed by atoms with Crippen molar-refractivity contribution in [2.45, 2.75) is 51.9 Å². The van der Waals surface area contributed by atoms with Crippen molar-refractivity contribution in [2.24, 2.45) is 5.92 Å². The fourth-order valence-electron chi connectivity index (χ4n) is 2.99. The quantitative estimate of drug-likeness (QED) is 0.729. The molecule has 2 rings (SSSR count). The summed E-state index contributed by atoms with van der Waals surface area (Å²) >= 11 is 0. The maximum Gasteiger partial charge on any atom is 0.337 e. The number of hydrogen-bond acceptors (Lipinski definition) is 3. The van der Waals surface area contributed by atoms with E-state index in [1.807, 2.05) is 12.1 Å². The molecule has 0 amide bonds. The number of rotatable bonds is 6. The molecule has 0 N–H and O–H groups in total. The van der Waals surface area contributed by atoms with Gasteiger partial charge in [-0.25, -0.2) is 4.79 Å². The Bertz CT molecular complexity index is 462. The molecule has 0 radical (unpaired) electrons. The molecule has 0 unspecified atom stereocenters. The highest BCUT2D eigenvalue weighted by atomic mass is 16.5. The van der Waals surface area contributed by atoms with Crippen molar-refractivity contribution in [3.05, 3.63) is 29.3 Å². The maximum atomic E-state index is 11.6. The molecule has 0 bridgehead atoms. The van der Waals surface area contributed by atoms with Crippen LogP contribution in [-0.4, -0.2) is 19.7 Å². The van der Waals surface area contributed by atoms with Crippen LogP contribution < -0.4 is 4.74 Å². The zero-order valence-corrected chi connectivity index (χ0v) is 13.2. The Labute approximate surface area is 127 Å². The van der Waals surface area contributed by atoms with Crippen LogP contribution in [0.1, 0.15) is 61.4 Å². The molecule has 21 heavy (non-hydrogen) atoms. The molecule has 0 heterocycles. The normalized spacial score (nSPS) is 15.7. The van der Waals surface area contributed by atoms with E-state index in [1.165, 1.54) is 39.2 Å². The predicted octanol–water partition coefficient (Wildman–Crippen LogP) is 4.38. The largest absolute Gasteiger partial charge is 0.493 e. The monoisotopic (exact) mass is 290 g/mol. The highest BCUT2D eigenvalue weighted by molar-refractivity contribution is 5.89. The molecular formula is C18H26O3. The Morgan fingerprint density at radius 3 is 2.67 bits per heavy atom. The average Bonchev–Trinajstić information content (AvgIpc) is 2.54. The van der Waals surface area contributed by atoms with Gasteiger partial charge in [0, 0.05) is 0 Å². The molecule has 1 aromatic carbocycles. The fraction of sp³-hybridized carbons (Fsp3) is 0.611. The molecule has 1 saturated carbocycles. The molecule has 1 aliphatic rings. The van der Waals surface area contributed by atoms with Crippen LogP contribution >= 0.6 is 0 Å². The van der Waals surface area contributed by atoms with Crippen LogP contribution in [0.3, 0.4) is 0 Å². The minimum atomic E-state index is -0.286. The van der Waals surface area contributed by atoms with Gasteiger partial charge in [0.1, 0.15) is 5.75 Å². The van der Waals surface area contributed by atoms with Gasteiger partial charge < -0.3 is 9.47 Å². The number of ether oxygens (including phenoxy) is 2. The molecular weight excluding hydrogens is 264 g/mol. The average molecular weight is 290 g/mol. The fourth-order valence-corrected chi connectivity index (χ4v) is 2.99. The van der Waals surface area contributed by atoms with Gasteiger partial charge in [0.2, 0.25) is 0 Å². The van der Waals surface area contributed by atoms with E-state index in [4.69, 9.17) is 9.47 Å². The first-order valence-corrected chi connectivity index (χ1v) is 8.08. The van der Waals surface area contributed by atoms with Gasteiger partial charge in [-0.1, -0.05) is 32.6 Å². The first kappa shape index (κ1) is 15.9. The number of esters is 1.